The summed E-state index contributed by atoms with van der Waals surface area (Å²) < 4.78 is 5.50. The van der Waals surface area contributed by atoms with Crippen LogP contribution in [0.5, 0.6) is 0 Å². The highest BCUT2D eigenvalue weighted by molar-refractivity contribution is 5.78. The lowest BCUT2D eigenvalue weighted by molar-refractivity contribution is -0.171. The van der Waals surface area contributed by atoms with Gasteiger partial charge < -0.3 is 15.2 Å². The first kappa shape index (κ1) is 13.5. The molecule has 4 nitrogen and oxygen atoms in total. The number of nitrogens with one attached hydrogen (secondary N) is 1. The first-order valence-corrected chi connectivity index (χ1v) is 5.90. The second-order valence-electron chi connectivity index (χ2n) is 5.63. The van der Waals surface area contributed by atoms with Crippen LogP contribution >= 0.6 is 0 Å². The molecule has 1 unspecified atom stereocenters. The molecule has 0 aromatic heterocycles. The fourth-order valence-electron chi connectivity index (χ4n) is 2.21. The van der Waals surface area contributed by atoms with E-state index in [0.29, 0.717) is 25.5 Å². The molecule has 0 radical (unpaired) electrons. The van der Waals surface area contributed by atoms with Gasteiger partial charge in [-0.25, -0.2) is 4.79 Å². The van der Waals surface area contributed by atoms with Gasteiger partial charge >= 0.3 is 5.97 Å². The van der Waals surface area contributed by atoms with Crippen LogP contribution in [-0.2, 0) is 9.53 Å². The molecule has 4 heteroatoms. The summed E-state index contributed by atoms with van der Waals surface area (Å²) in [6.45, 7) is 9.97. The molecular weight excluding hydrogens is 206 g/mol. The van der Waals surface area contributed by atoms with Crippen LogP contribution in [0.2, 0.25) is 0 Å². The van der Waals surface area contributed by atoms with Gasteiger partial charge in [0.25, 0.3) is 0 Å². The molecule has 1 heterocycles. The second kappa shape index (κ2) is 4.72. The van der Waals surface area contributed by atoms with E-state index in [9.17, 15) is 9.90 Å². The van der Waals surface area contributed by atoms with Gasteiger partial charge in [0.1, 0.15) is 0 Å². The van der Waals surface area contributed by atoms with Gasteiger partial charge in [0.2, 0.25) is 0 Å². The summed E-state index contributed by atoms with van der Waals surface area (Å²) in [6, 6.07) is 0. The lowest BCUT2D eigenvalue weighted by Gasteiger charge is -2.42. The normalized spacial score (nSPS) is 31.4. The fraction of sp³-hybridized carbons (Fsp3) is 0.917. The smallest absolute Gasteiger partial charge is 0.337 e. The number of aliphatic carboxylic acids is 1. The van der Waals surface area contributed by atoms with E-state index in [4.69, 9.17) is 4.74 Å². The van der Waals surface area contributed by atoms with Crippen LogP contribution in [-0.4, -0.2) is 36.4 Å². The second-order valence-corrected chi connectivity index (χ2v) is 5.63. The summed E-state index contributed by atoms with van der Waals surface area (Å²) in [5.74, 6) is -0.528. The highest BCUT2D eigenvalue weighted by Crippen LogP contribution is 2.36. The van der Waals surface area contributed by atoms with Crippen molar-refractivity contribution in [2.45, 2.75) is 39.7 Å². The van der Waals surface area contributed by atoms with E-state index in [1.165, 1.54) is 0 Å². The Hall–Kier alpha value is -0.610. The Morgan fingerprint density at radius 1 is 1.56 bits per heavy atom. The van der Waals surface area contributed by atoms with Gasteiger partial charge in [0, 0.05) is 13.2 Å². The summed E-state index contributed by atoms with van der Waals surface area (Å²) in [6.07, 6.45) is 0.590. The van der Waals surface area contributed by atoms with Crippen LogP contribution < -0.4 is 5.32 Å². The van der Waals surface area contributed by atoms with Gasteiger partial charge in [-0.15, -0.1) is 0 Å². The van der Waals surface area contributed by atoms with Crippen molar-refractivity contribution in [3.8, 4) is 0 Å². The Labute approximate surface area is 97.4 Å². The Morgan fingerprint density at radius 2 is 2.19 bits per heavy atom. The maximum Gasteiger partial charge on any atom is 0.337 e. The molecule has 0 saturated carbocycles. The molecule has 94 valence electrons. The predicted molar refractivity (Wildman–Crippen MR) is 62.4 cm³/mol. The average Bonchev–Trinajstić information content (AvgIpc) is 2.17. The van der Waals surface area contributed by atoms with Crippen molar-refractivity contribution in [2.24, 2.45) is 11.3 Å². The number of hydrogen-bond acceptors (Lipinski definition) is 3. The number of rotatable bonds is 3. The van der Waals surface area contributed by atoms with E-state index in [1.807, 2.05) is 6.92 Å². The molecule has 0 aromatic carbocycles. The summed E-state index contributed by atoms with van der Waals surface area (Å²) in [5, 5.41) is 12.5. The molecule has 1 saturated heterocycles. The molecular formula is C12H23NO3. The molecule has 0 amide bonds. The van der Waals surface area contributed by atoms with Gasteiger partial charge in [-0.05, 0) is 31.2 Å². The maximum absolute atomic E-state index is 11.4. The van der Waals surface area contributed by atoms with Crippen LogP contribution in [0.1, 0.15) is 34.1 Å². The lowest BCUT2D eigenvalue weighted by atomic mass is 9.72. The van der Waals surface area contributed by atoms with Crippen molar-refractivity contribution in [1.82, 2.24) is 5.32 Å². The van der Waals surface area contributed by atoms with Gasteiger partial charge in [-0.2, -0.15) is 0 Å². The van der Waals surface area contributed by atoms with Gasteiger partial charge in [-0.1, -0.05) is 20.8 Å². The minimum Gasteiger partial charge on any atom is -0.479 e. The molecule has 0 spiro atoms. The molecule has 1 fully saturated rings. The van der Waals surface area contributed by atoms with Crippen LogP contribution in [0.25, 0.3) is 0 Å². The molecule has 0 bridgehead atoms. The minimum atomic E-state index is -1.04. The van der Waals surface area contributed by atoms with Crippen molar-refractivity contribution < 1.29 is 14.6 Å². The highest BCUT2D eigenvalue weighted by Gasteiger charge is 2.46. The zero-order valence-electron chi connectivity index (χ0n) is 10.7. The van der Waals surface area contributed by atoms with Gasteiger partial charge in [-0.3, -0.25) is 0 Å². The van der Waals surface area contributed by atoms with Gasteiger partial charge in [0.05, 0.1) is 0 Å². The monoisotopic (exact) mass is 229 g/mol. The third kappa shape index (κ3) is 2.74. The Morgan fingerprint density at radius 3 is 2.62 bits per heavy atom. The molecule has 2 atom stereocenters. The van der Waals surface area contributed by atoms with E-state index in [0.717, 1.165) is 6.54 Å². The number of carboxylic acid groups (broad SMARTS) is 1. The molecule has 0 aromatic rings. The fourth-order valence-corrected chi connectivity index (χ4v) is 2.21. The van der Waals surface area contributed by atoms with Crippen molar-refractivity contribution in [3.63, 3.8) is 0 Å². The third-order valence-electron chi connectivity index (χ3n) is 3.41. The van der Waals surface area contributed by atoms with Crippen molar-refractivity contribution in [3.05, 3.63) is 0 Å². The Bertz CT molecular complexity index is 255. The third-order valence-corrected chi connectivity index (χ3v) is 3.41. The summed E-state index contributed by atoms with van der Waals surface area (Å²) >= 11 is 0. The minimum absolute atomic E-state index is 0.102. The highest BCUT2D eigenvalue weighted by atomic mass is 16.5. The summed E-state index contributed by atoms with van der Waals surface area (Å²) in [4.78, 5) is 11.4. The number of carboxylic acids is 1. The molecule has 16 heavy (non-hydrogen) atoms. The number of piperidine rings is 1. The summed E-state index contributed by atoms with van der Waals surface area (Å²) in [5.41, 5.74) is -0.934. The molecule has 1 aliphatic rings. The molecule has 0 aliphatic carbocycles. The zero-order chi connectivity index (χ0) is 12.4. The quantitative estimate of drug-likeness (QED) is 0.770. The zero-order valence-corrected chi connectivity index (χ0v) is 10.7. The van der Waals surface area contributed by atoms with E-state index < -0.39 is 11.6 Å². The average molecular weight is 229 g/mol. The van der Waals surface area contributed by atoms with Crippen LogP contribution in [0.4, 0.5) is 0 Å². The Balaban J connectivity index is 2.83. The van der Waals surface area contributed by atoms with Crippen LogP contribution in [0.3, 0.4) is 0 Å². The van der Waals surface area contributed by atoms with Crippen LogP contribution in [0, 0.1) is 11.3 Å². The van der Waals surface area contributed by atoms with Crippen molar-refractivity contribution in [2.75, 3.05) is 19.7 Å². The first-order valence-electron chi connectivity index (χ1n) is 5.90. The molecule has 2 N–H and O–H groups in total. The van der Waals surface area contributed by atoms with E-state index in [2.05, 4.69) is 26.1 Å². The summed E-state index contributed by atoms with van der Waals surface area (Å²) in [7, 11) is 0. The Kier molecular flexibility index (Phi) is 3.97. The number of carbonyl (C=O) groups is 1. The predicted octanol–water partition coefficient (Wildman–Crippen LogP) is 1.50. The lowest BCUT2D eigenvalue weighted by Crippen LogP contribution is -2.58. The van der Waals surface area contributed by atoms with E-state index in [-0.39, 0.29) is 5.41 Å². The maximum atomic E-state index is 11.4. The van der Waals surface area contributed by atoms with Crippen LogP contribution in [0.15, 0.2) is 0 Å². The number of hydrogen-bond donors (Lipinski definition) is 2. The molecule has 1 rings (SSSR count). The molecule has 1 aliphatic heterocycles. The largest absolute Gasteiger partial charge is 0.479 e. The number of ether oxygens (including phenoxy) is 1. The topological polar surface area (TPSA) is 58.6 Å². The SMILES string of the molecule is CCO[C@]1(C(=O)O)CNCC(C(C)(C)C)C1. The first-order chi connectivity index (χ1) is 7.32. The van der Waals surface area contributed by atoms with Crippen molar-refractivity contribution in [1.29, 1.82) is 0 Å². The van der Waals surface area contributed by atoms with E-state index >= 15 is 0 Å². The van der Waals surface area contributed by atoms with E-state index in [1.54, 1.807) is 0 Å². The standard InChI is InChI=1S/C12H23NO3/c1-5-16-12(10(14)15)6-9(7-13-8-12)11(2,3)4/h9,13H,5-8H2,1-4H3,(H,14,15)/t9?,12-/m0/s1. The van der Waals surface area contributed by atoms with Crippen molar-refractivity contribution >= 4 is 5.97 Å². The van der Waals surface area contributed by atoms with Gasteiger partial charge in [0.15, 0.2) is 5.60 Å².